The molecule has 1 N–H and O–H groups in total. The Morgan fingerprint density at radius 1 is 1.42 bits per heavy atom. The monoisotopic (exact) mass is 347 g/mol. The normalized spacial score (nSPS) is 20.5. The Hall–Kier alpha value is -2.29. The van der Waals surface area contributed by atoms with Gasteiger partial charge in [-0.1, -0.05) is 0 Å². The van der Waals surface area contributed by atoms with E-state index in [4.69, 9.17) is 9.84 Å². The highest BCUT2D eigenvalue weighted by Crippen LogP contribution is 2.29. The summed E-state index contributed by atoms with van der Waals surface area (Å²) in [5.41, 5.74) is -0.260. The van der Waals surface area contributed by atoms with Crippen molar-refractivity contribution < 1.29 is 37.3 Å². The van der Waals surface area contributed by atoms with E-state index in [-0.39, 0.29) is 24.6 Å². The van der Waals surface area contributed by atoms with E-state index in [1.54, 1.807) is 0 Å². The highest BCUT2D eigenvalue weighted by atomic mass is 19.3. The molecule has 1 saturated heterocycles. The summed E-state index contributed by atoms with van der Waals surface area (Å²) < 4.78 is 47.6. The molecule has 1 aliphatic heterocycles. The molecule has 6 nitrogen and oxygen atoms in total. The van der Waals surface area contributed by atoms with Crippen LogP contribution in [-0.2, 0) is 9.53 Å². The quantitative estimate of drug-likeness (QED) is 0.853. The Balaban J connectivity index is 2.30. The maximum atomic E-state index is 13.3. The molecule has 2 atom stereocenters. The first-order valence-corrected chi connectivity index (χ1v) is 7.11. The van der Waals surface area contributed by atoms with E-state index in [0.29, 0.717) is 12.5 Å². The summed E-state index contributed by atoms with van der Waals surface area (Å²) in [5, 5.41) is 8.96. The van der Waals surface area contributed by atoms with E-state index in [1.807, 2.05) is 0 Å². The molecule has 1 aromatic rings. The molecule has 2 rings (SSSR count). The lowest BCUT2D eigenvalue weighted by Crippen LogP contribution is -2.37. The Bertz CT molecular complexity index is 625. The van der Waals surface area contributed by atoms with Crippen LogP contribution in [0.2, 0.25) is 0 Å². The number of halogens is 3. The van der Waals surface area contributed by atoms with Crippen LogP contribution < -0.4 is 4.74 Å². The van der Waals surface area contributed by atoms with Gasteiger partial charge >= 0.3 is 12.6 Å². The highest BCUT2D eigenvalue weighted by Gasteiger charge is 2.38. The minimum absolute atomic E-state index is 0.110. The van der Waals surface area contributed by atoms with E-state index in [1.165, 1.54) is 12.0 Å². The lowest BCUT2D eigenvalue weighted by atomic mass is 10.1. The summed E-state index contributed by atoms with van der Waals surface area (Å²) in [6.45, 7) is -3.11. The zero-order chi connectivity index (χ0) is 17.9. The van der Waals surface area contributed by atoms with E-state index >= 15 is 0 Å². The number of amides is 1. The van der Waals surface area contributed by atoms with E-state index in [2.05, 4.69) is 4.74 Å². The Labute approximate surface area is 135 Å². The highest BCUT2D eigenvalue weighted by molar-refractivity contribution is 5.97. The number of ether oxygens (including phenoxy) is 2. The Morgan fingerprint density at radius 2 is 2.12 bits per heavy atom. The van der Waals surface area contributed by atoms with Crippen molar-refractivity contribution in [3.63, 3.8) is 0 Å². The van der Waals surface area contributed by atoms with Crippen LogP contribution >= 0.6 is 0 Å². The first kappa shape index (κ1) is 18.1. The minimum Gasteiger partial charge on any atom is -0.481 e. The third-order valence-corrected chi connectivity index (χ3v) is 3.77. The SMILES string of the molecule is COC1CC(CC(=O)O)N(C(=O)c2ccc(F)cc2OC(F)F)C1. The van der Waals surface area contributed by atoms with Gasteiger partial charge in [-0.2, -0.15) is 8.78 Å². The van der Waals surface area contributed by atoms with Crippen LogP contribution in [0.4, 0.5) is 13.2 Å². The topological polar surface area (TPSA) is 76.1 Å². The van der Waals surface area contributed by atoms with Crippen molar-refractivity contribution in [2.45, 2.75) is 31.6 Å². The van der Waals surface area contributed by atoms with Gasteiger partial charge in [-0.15, -0.1) is 0 Å². The predicted molar refractivity (Wildman–Crippen MR) is 75.5 cm³/mol. The number of aliphatic carboxylic acids is 1. The first-order valence-electron chi connectivity index (χ1n) is 7.11. The number of carbonyl (C=O) groups excluding carboxylic acids is 1. The van der Waals surface area contributed by atoms with Crippen molar-refractivity contribution in [1.82, 2.24) is 4.90 Å². The number of carboxylic acids is 1. The molecule has 1 aromatic carbocycles. The molecule has 132 valence electrons. The molecule has 1 aliphatic rings. The van der Waals surface area contributed by atoms with Gasteiger partial charge in [0.15, 0.2) is 0 Å². The zero-order valence-corrected chi connectivity index (χ0v) is 12.7. The fraction of sp³-hybridized carbons (Fsp3) is 0.467. The number of carbonyl (C=O) groups is 2. The van der Waals surface area contributed by atoms with Crippen LogP contribution in [0.1, 0.15) is 23.2 Å². The predicted octanol–water partition coefficient (Wildman–Crippen LogP) is 2.13. The van der Waals surface area contributed by atoms with Gasteiger partial charge in [0.2, 0.25) is 0 Å². The molecule has 2 unspecified atom stereocenters. The van der Waals surface area contributed by atoms with Crippen LogP contribution in [-0.4, -0.2) is 54.3 Å². The molecule has 0 bridgehead atoms. The van der Waals surface area contributed by atoms with E-state index in [0.717, 1.165) is 12.1 Å². The van der Waals surface area contributed by atoms with E-state index in [9.17, 15) is 22.8 Å². The summed E-state index contributed by atoms with van der Waals surface area (Å²) in [5.74, 6) is -3.24. The zero-order valence-electron chi connectivity index (χ0n) is 12.7. The average molecular weight is 347 g/mol. The summed E-state index contributed by atoms with van der Waals surface area (Å²) in [6, 6.07) is 2.02. The van der Waals surface area contributed by atoms with Gasteiger partial charge in [0.05, 0.1) is 18.1 Å². The second-order valence-corrected chi connectivity index (χ2v) is 5.32. The second kappa shape index (κ2) is 7.52. The lowest BCUT2D eigenvalue weighted by Gasteiger charge is -2.24. The third-order valence-electron chi connectivity index (χ3n) is 3.77. The van der Waals surface area contributed by atoms with Crippen LogP contribution in [0, 0.1) is 5.82 Å². The van der Waals surface area contributed by atoms with Crippen LogP contribution in [0.15, 0.2) is 18.2 Å². The third kappa shape index (κ3) is 4.16. The van der Waals surface area contributed by atoms with Gasteiger partial charge in [-0.3, -0.25) is 9.59 Å². The summed E-state index contributed by atoms with van der Waals surface area (Å²) in [7, 11) is 1.43. The van der Waals surface area contributed by atoms with Crippen molar-refractivity contribution in [3.05, 3.63) is 29.6 Å². The first-order chi connectivity index (χ1) is 11.3. The molecular formula is C15H16F3NO5. The van der Waals surface area contributed by atoms with Crippen molar-refractivity contribution in [3.8, 4) is 5.75 Å². The van der Waals surface area contributed by atoms with Crippen molar-refractivity contribution >= 4 is 11.9 Å². The number of nitrogens with zero attached hydrogens (tertiary/aromatic N) is 1. The van der Waals surface area contributed by atoms with Crippen LogP contribution in [0.3, 0.4) is 0 Å². The van der Waals surface area contributed by atoms with Gasteiger partial charge in [0.1, 0.15) is 11.6 Å². The van der Waals surface area contributed by atoms with Gasteiger partial charge < -0.3 is 19.5 Å². The molecule has 0 saturated carbocycles. The molecule has 9 heteroatoms. The number of hydrogen-bond donors (Lipinski definition) is 1. The van der Waals surface area contributed by atoms with Gasteiger partial charge in [-0.05, 0) is 18.6 Å². The molecule has 24 heavy (non-hydrogen) atoms. The smallest absolute Gasteiger partial charge is 0.387 e. The molecule has 1 fully saturated rings. The molecule has 0 aliphatic carbocycles. The molecule has 1 heterocycles. The molecule has 0 radical (unpaired) electrons. The fourth-order valence-electron chi connectivity index (χ4n) is 2.71. The maximum absolute atomic E-state index is 13.3. The number of likely N-dealkylation sites (tertiary alicyclic amines) is 1. The largest absolute Gasteiger partial charge is 0.481 e. The number of hydrogen-bond acceptors (Lipinski definition) is 4. The number of alkyl halides is 2. The second-order valence-electron chi connectivity index (χ2n) is 5.32. The minimum atomic E-state index is -3.22. The standard InChI is InChI=1S/C15H16F3NO5/c1-23-10-5-9(6-13(20)21)19(7-10)14(22)11-3-2-8(16)4-12(11)24-15(17)18/h2-4,9-10,15H,5-7H2,1H3,(H,20,21). The van der Waals surface area contributed by atoms with Gasteiger partial charge in [0.25, 0.3) is 5.91 Å². The van der Waals surface area contributed by atoms with Crippen LogP contribution in [0.5, 0.6) is 5.75 Å². The molecule has 0 aromatic heterocycles. The number of benzene rings is 1. The van der Waals surface area contributed by atoms with Crippen molar-refractivity contribution in [2.24, 2.45) is 0 Å². The number of carboxylic acid groups (broad SMARTS) is 1. The van der Waals surface area contributed by atoms with Gasteiger partial charge in [-0.25, -0.2) is 4.39 Å². The average Bonchev–Trinajstić information content (AvgIpc) is 2.88. The Kier molecular flexibility index (Phi) is 5.66. The fourth-order valence-corrected chi connectivity index (χ4v) is 2.71. The molecule has 0 spiro atoms. The van der Waals surface area contributed by atoms with E-state index < -0.39 is 36.1 Å². The van der Waals surface area contributed by atoms with Crippen molar-refractivity contribution in [1.29, 1.82) is 0 Å². The lowest BCUT2D eigenvalue weighted by molar-refractivity contribution is -0.138. The summed E-state index contributed by atoms with van der Waals surface area (Å²) in [6.07, 6.45) is -0.364. The van der Waals surface area contributed by atoms with Gasteiger partial charge in [0, 0.05) is 25.8 Å². The number of rotatable bonds is 6. The summed E-state index contributed by atoms with van der Waals surface area (Å²) >= 11 is 0. The Morgan fingerprint density at radius 3 is 2.71 bits per heavy atom. The molecular weight excluding hydrogens is 331 g/mol. The number of methoxy groups -OCH3 is 1. The summed E-state index contributed by atoms with van der Waals surface area (Å²) in [4.78, 5) is 24.8. The van der Waals surface area contributed by atoms with Crippen LogP contribution in [0.25, 0.3) is 0 Å². The maximum Gasteiger partial charge on any atom is 0.387 e. The van der Waals surface area contributed by atoms with Crippen molar-refractivity contribution in [2.75, 3.05) is 13.7 Å². The molecule has 1 amide bonds.